The zero-order valence-electron chi connectivity index (χ0n) is 6.69. The van der Waals surface area contributed by atoms with E-state index in [1.54, 1.807) is 6.92 Å². The largest absolute Gasteiger partial charge is 0.399 e. The monoisotopic (exact) mass is 197 g/mol. The molecule has 0 radical (unpaired) electrons. The molecule has 1 rings (SSSR count). The number of carbonyl (C=O) groups excluding carboxylic acids is 1. The molecule has 0 aromatic carbocycles. The SMILES string of the molecule is CC1CCCN1C(=O)C(F)(F)Cl. The summed E-state index contributed by atoms with van der Waals surface area (Å²) in [6, 6.07) is -0.109. The van der Waals surface area contributed by atoms with Gasteiger partial charge in [-0.3, -0.25) is 4.79 Å². The van der Waals surface area contributed by atoms with Gasteiger partial charge >= 0.3 is 11.3 Å². The van der Waals surface area contributed by atoms with Crippen molar-refractivity contribution in [2.75, 3.05) is 6.54 Å². The summed E-state index contributed by atoms with van der Waals surface area (Å²) < 4.78 is 24.6. The topological polar surface area (TPSA) is 20.3 Å². The minimum atomic E-state index is -3.74. The first-order chi connectivity index (χ1) is 5.43. The lowest BCUT2D eigenvalue weighted by Crippen LogP contribution is -2.42. The highest BCUT2D eigenvalue weighted by molar-refractivity contribution is 6.32. The fraction of sp³-hybridized carbons (Fsp3) is 0.857. The Kier molecular flexibility index (Phi) is 2.56. The molecule has 1 unspecified atom stereocenters. The van der Waals surface area contributed by atoms with Crippen LogP contribution in [0.4, 0.5) is 8.78 Å². The zero-order valence-corrected chi connectivity index (χ0v) is 7.44. The van der Waals surface area contributed by atoms with Crippen LogP contribution in [0.15, 0.2) is 0 Å². The molecule has 70 valence electrons. The van der Waals surface area contributed by atoms with E-state index < -0.39 is 11.3 Å². The summed E-state index contributed by atoms with van der Waals surface area (Å²) >= 11 is 4.60. The number of likely N-dealkylation sites (tertiary alicyclic amines) is 1. The predicted molar refractivity (Wildman–Crippen MR) is 41.2 cm³/mol. The Labute approximate surface area is 74.5 Å². The summed E-state index contributed by atoms with van der Waals surface area (Å²) in [4.78, 5) is 12.1. The van der Waals surface area contributed by atoms with Crippen molar-refractivity contribution >= 4 is 17.5 Å². The molecule has 1 amide bonds. The Morgan fingerprint density at radius 2 is 2.25 bits per heavy atom. The highest BCUT2D eigenvalue weighted by Gasteiger charge is 2.42. The summed E-state index contributed by atoms with van der Waals surface area (Å²) in [5.74, 6) is -1.27. The molecule has 1 aliphatic rings. The quantitative estimate of drug-likeness (QED) is 0.588. The molecule has 2 nitrogen and oxygen atoms in total. The third kappa shape index (κ3) is 1.86. The number of carbonyl (C=O) groups is 1. The van der Waals surface area contributed by atoms with Gasteiger partial charge in [0.1, 0.15) is 0 Å². The van der Waals surface area contributed by atoms with E-state index in [2.05, 4.69) is 11.6 Å². The molecule has 12 heavy (non-hydrogen) atoms. The standard InChI is InChI=1S/C7H10ClF2NO/c1-5-3-2-4-11(5)6(12)7(8,9)10/h5H,2-4H2,1H3. The normalized spacial score (nSPS) is 24.7. The van der Waals surface area contributed by atoms with Crippen LogP contribution in [0.5, 0.6) is 0 Å². The lowest BCUT2D eigenvalue weighted by atomic mass is 10.2. The van der Waals surface area contributed by atoms with Gasteiger partial charge in [0.2, 0.25) is 0 Å². The summed E-state index contributed by atoms with van der Waals surface area (Å²) in [7, 11) is 0. The Balaban J connectivity index is 2.64. The molecule has 1 aliphatic heterocycles. The van der Waals surface area contributed by atoms with Gasteiger partial charge in [-0.15, -0.1) is 0 Å². The van der Waals surface area contributed by atoms with Gasteiger partial charge in [0.15, 0.2) is 0 Å². The van der Waals surface area contributed by atoms with Crippen LogP contribution in [0.1, 0.15) is 19.8 Å². The average Bonchev–Trinajstić information content (AvgIpc) is 2.31. The van der Waals surface area contributed by atoms with Crippen molar-refractivity contribution in [1.29, 1.82) is 0 Å². The van der Waals surface area contributed by atoms with Crippen molar-refractivity contribution in [3.8, 4) is 0 Å². The number of halogens is 3. The molecule has 0 bridgehead atoms. The second-order valence-corrected chi connectivity index (χ2v) is 3.46. The lowest BCUT2D eigenvalue weighted by Gasteiger charge is -2.23. The minimum absolute atomic E-state index is 0.109. The highest BCUT2D eigenvalue weighted by Crippen LogP contribution is 2.26. The van der Waals surface area contributed by atoms with Crippen LogP contribution in [-0.2, 0) is 4.79 Å². The number of nitrogens with zero attached hydrogens (tertiary/aromatic N) is 1. The van der Waals surface area contributed by atoms with Crippen LogP contribution in [0.3, 0.4) is 0 Å². The third-order valence-corrected chi connectivity index (χ3v) is 2.22. The molecule has 1 fully saturated rings. The van der Waals surface area contributed by atoms with Gasteiger partial charge in [0.05, 0.1) is 0 Å². The van der Waals surface area contributed by atoms with Crippen molar-refractivity contribution in [3.63, 3.8) is 0 Å². The number of rotatable bonds is 1. The van der Waals surface area contributed by atoms with Crippen molar-refractivity contribution in [3.05, 3.63) is 0 Å². The van der Waals surface area contributed by atoms with Crippen LogP contribution in [0.2, 0.25) is 0 Å². The van der Waals surface area contributed by atoms with Gasteiger partial charge in [0.25, 0.3) is 0 Å². The first-order valence-electron chi connectivity index (χ1n) is 3.80. The second kappa shape index (κ2) is 3.17. The maximum absolute atomic E-state index is 12.3. The number of alkyl halides is 3. The molecule has 0 saturated carbocycles. The first-order valence-corrected chi connectivity index (χ1v) is 4.18. The Morgan fingerprint density at radius 1 is 1.67 bits per heavy atom. The van der Waals surface area contributed by atoms with Crippen molar-refractivity contribution < 1.29 is 13.6 Å². The van der Waals surface area contributed by atoms with Crippen LogP contribution in [0.25, 0.3) is 0 Å². The average molecular weight is 198 g/mol. The maximum atomic E-state index is 12.3. The van der Waals surface area contributed by atoms with E-state index in [9.17, 15) is 13.6 Å². The van der Waals surface area contributed by atoms with E-state index in [1.165, 1.54) is 0 Å². The molecule has 1 heterocycles. The fourth-order valence-electron chi connectivity index (χ4n) is 1.40. The molecule has 0 aromatic rings. The smallest absolute Gasteiger partial charge is 0.334 e. The number of hydrogen-bond acceptors (Lipinski definition) is 1. The number of amides is 1. The van der Waals surface area contributed by atoms with E-state index in [1.807, 2.05) is 0 Å². The second-order valence-electron chi connectivity index (χ2n) is 2.99. The van der Waals surface area contributed by atoms with Crippen LogP contribution in [-0.4, -0.2) is 28.8 Å². The molecule has 1 saturated heterocycles. The molecular weight excluding hydrogens is 188 g/mol. The van der Waals surface area contributed by atoms with Gasteiger partial charge in [0, 0.05) is 12.6 Å². The summed E-state index contributed by atoms with van der Waals surface area (Å²) in [6.07, 6.45) is 1.55. The molecule has 0 N–H and O–H groups in total. The van der Waals surface area contributed by atoms with E-state index in [4.69, 9.17) is 0 Å². The van der Waals surface area contributed by atoms with Crippen molar-refractivity contribution in [2.24, 2.45) is 0 Å². The van der Waals surface area contributed by atoms with Crippen LogP contribution < -0.4 is 0 Å². The fourth-order valence-corrected chi connectivity index (χ4v) is 1.51. The first kappa shape index (κ1) is 9.71. The maximum Gasteiger partial charge on any atom is 0.399 e. The molecule has 0 spiro atoms. The van der Waals surface area contributed by atoms with Gasteiger partial charge in [-0.2, -0.15) is 8.78 Å². The Bertz CT molecular complexity index is 192. The van der Waals surface area contributed by atoms with E-state index >= 15 is 0 Å². The van der Waals surface area contributed by atoms with Crippen LogP contribution >= 0.6 is 11.6 Å². The molecule has 0 aliphatic carbocycles. The molecule has 1 atom stereocenters. The van der Waals surface area contributed by atoms with E-state index in [-0.39, 0.29) is 6.04 Å². The van der Waals surface area contributed by atoms with Crippen molar-refractivity contribution in [2.45, 2.75) is 31.2 Å². The number of hydrogen-bond donors (Lipinski definition) is 0. The molecular formula is C7H10ClF2NO. The van der Waals surface area contributed by atoms with Gasteiger partial charge in [-0.1, -0.05) is 0 Å². The van der Waals surface area contributed by atoms with Crippen molar-refractivity contribution in [1.82, 2.24) is 4.90 Å². The summed E-state index contributed by atoms with van der Waals surface area (Å²) in [5, 5.41) is -3.74. The highest BCUT2D eigenvalue weighted by atomic mass is 35.5. The van der Waals surface area contributed by atoms with Gasteiger partial charge < -0.3 is 4.90 Å². The Morgan fingerprint density at radius 3 is 2.58 bits per heavy atom. The zero-order chi connectivity index (χ0) is 9.35. The third-order valence-electron chi connectivity index (χ3n) is 2.06. The minimum Gasteiger partial charge on any atom is -0.334 e. The van der Waals surface area contributed by atoms with E-state index in [0.29, 0.717) is 6.54 Å². The Hall–Kier alpha value is -0.380. The van der Waals surface area contributed by atoms with Crippen LogP contribution in [0, 0.1) is 0 Å². The lowest BCUT2D eigenvalue weighted by molar-refractivity contribution is -0.147. The molecule has 5 heteroatoms. The summed E-state index contributed by atoms with van der Waals surface area (Å²) in [5.41, 5.74) is 0. The molecule has 0 aromatic heterocycles. The van der Waals surface area contributed by atoms with Gasteiger partial charge in [-0.05, 0) is 31.4 Å². The van der Waals surface area contributed by atoms with E-state index in [0.717, 1.165) is 17.7 Å². The van der Waals surface area contributed by atoms with Gasteiger partial charge in [-0.25, -0.2) is 0 Å². The summed E-state index contributed by atoms with van der Waals surface area (Å²) in [6.45, 7) is 2.13. The predicted octanol–water partition coefficient (Wildman–Crippen LogP) is 1.83.